The number of rotatable bonds is 6. The van der Waals surface area contributed by atoms with Gasteiger partial charge >= 0.3 is 12.5 Å². The molecule has 0 fully saturated rings. The summed E-state index contributed by atoms with van der Waals surface area (Å²) < 4.78 is 86.6. The van der Waals surface area contributed by atoms with Crippen molar-refractivity contribution in [1.29, 1.82) is 0 Å². The highest BCUT2D eigenvalue weighted by molar-refractivity contribution is 6.36. The van der Waals surface area contributed by atoms with Crippen molar-refractivity contribution >= 4 is 40.7 Å². The van der Waals surface area contributed by atoms with Crippen molar-refractivity contribution in [2.24, 2.45) is 5.73 Å². The van der Waals surface area contributed by atoms with Gasteiger partial charge in [-0.1, -0.05) is 23.2 Å². The number of aromatic nitrogens is 1. The number of hydrogen-bond acceptors (Lipinski definition) is 5. The predicted molar refractivity (Wildman–Crippen MR) is 115 cm³/mol. The van der Waals surface area contributed by atoms with Gasteiger partial charge in [0.15, 0.2) is 0 Å². The first-order chi connectivity index (χ1) is 16.7. The molecule has 2 aromatic carbocycles. The largest absolute Gasteiger partial charge is 0.573 e. The summed E-state index contributed by atoms with van der Waals surface area (Å²) in [6.07, 6.45) is -8.83. The molecule has 7 nitrogen and oxygen atoms in total. The second kappa shape index (κ2) is 10.1. The van der Waals surface area contributed by atoms with Gasteiger partial charge in [0.2, 0.25) is 0 Å². The van der Waals surface area contributed by atoms with Crippen LogP contribution >= 0.6 is 23.2 Å². The third kappa shape index (κ3) is 6.49. The van der Waals surface area contributed by atoms with Gasteiger partial charge in [-0.3, -0.25) is 14.6 Å². The fourth-order valence-electron chi connectivity index (χ4n) is 2.79. The topological polar surface area (TPSA) is 104 Å². The van der Waals surface area contributed by atoms with E-state index >= 15 is 0 Å². The van der Waals surface area contributed by atoms with Crippen LogP contribution in [0.2, 0.25) is 10.0 Å². The summed E-state index contributed by atoms with van der Waals surface area (Å²) in [7, 11) is 0. The first-order valence-corrected chi connectivity index (χ1v) is 10.1. The van der Waals surface area contributed by atoms with E-state index in [1.54, 1.807) is 0 Å². The highest BCUT2D eigenvalue weighted by atomic mass is 35.5. The van der Waals surface area contributed by atoms with Crippen LogP contribution in [0, 0.1) is 0 Å². The van der Waals surface area contributed by atoms with Crippen LogP contribution in [0.3, 0.4) is 0 Å². The Hall–Kier alpha value is -3.71. The molecule has 3 rings (SSSR count). The van der Waals surface area contributed by atoms with Crippen molar-refractivity contribution in [2.75, 3.05) is 5.32 Å². The van der Waals surface area contributed by atoms with Gasteiger partial charge in [0.25, 0.3) is 11.8 Å². The number of alkyl halides is 6. The maximum Gasteiger partial charge on any atom is 0.573 e. The van der Waals surface area contributed by atoms with E-state index in [2.05, 4.69) is 15.0 Å². The molecule has 0 saturated carbocycles. The number of nitrogens with two attached hydrogens (primary N) is 1. The summed E-state index contributed by atoms with van der Waals surface area (Å²) in [4.78, 5) is 27.9. The molecule has 0 unspecified atom stereocenters. The minimum atomic E-state index is -5.00. The lowest BCUT2D eigenvalue weighted by Crippen LogP contribution is -2.18. The third-order valence-corrected chi connectivity index (χ3v) is 4.95. The Morgan fingerprint density at radius 3 is 2.19 bits per heavy atom. The summed E-state index contributed by atoms with van der Waals surface area (Å²) in [5.74, 6) is -3.64. The molecular weight excluding hydrogens is 543 g/mol. The van der Waals surface area contributed by atoms with Gasteiger partial charge in [0.1, 0.15) is 28.5 Å². The Balaban J connectivity index is 2.02. The highest BCUT2D eigenvalue weighted by Crippen LogP contribution is 2.42. The molecule has 0 aliphatic rings. The van der Waals surface area contributed by atoms with Crippen LogP contribution in [-0.4, -0.2) is 23.2 Å². The van der Waals surface area contributed by atoms with Crippen molar-refractivity contribution in [3.05, 3.63) is 75.5 Å². The van der Waals surface area contributed by atoms with Crippen molar-refractivity contribution in [3.8, 4) is 17.2 Å². The van der Waals surface area contributed by atoms with E-state index in [1.165, 1.54) is 6.07 Å². The molecule has 0 radical (unpaired) electrons. The molecular formula is C21H11Cl2F6N3O4. The zero-order valence-electron chi connectivity index (χ0n) is 17.3. The quantitative estimate of drug-likeness (QED) is 0.341. The van der Waals surface area contributed by atoms with E-state index in [-0.39, 0.29) is 17.1 Å². The van der Waals surface area contributed by atoms with Crippen LogP contribution < -0.4 is 20.5 Å². The first-order valence-electron chi connectivity index (χ1n) is 9.36. The average molecular weight is 554 g/mol. The first kappa shape index (κ1) is 26.9. The van der Waals surface area contributed by atoms with Gasteiger partial charge in [-0.2, -0.15) is 13.2 Å². The molecule has 190 valence electrons. The number of primary amides is 1. The molecule has 1 heterocycles. The van der Waals surface area contributed by atoms with Crippen LogP contribution in [0.4, 0.5) is 32.0 Å². The molecule has 2 amide bonds. The standard InChI is InChI=1S/C21H11Cl2F6N3O4/c22-12-8-10(36-21(27,28)29)1-3-14(12)35-15-4-2-11(20(24,25)26)17(23)16(15)19(34)32-9-5-6-31-13(7-9)18(30)33/h1-8H,(H2,30,33)(H,31,32,34). The van der Waals surface area contributed by atoms with Crippen LogP contribution in [0.1, 0.15) is 26.4 Å². The molecule has 1 aromatic heterocycles. The number of hydrogen-bond donors (Lipinski definition) is 2. The molecule has 0 bridgehead atoms. The second-order valence-corrected chi connectivity index (χ2v) is 7.57. The van der Waals surface area contributed by atoms with Crippen LogP contribution in [-0.2, 0) is 6.18 Å². The summed E-state index contributed by atoms with van der Waals surface area (Å²) in [5, 5.41) is 0.802. The van der Waals surface area contributed by atoms with E-state index < -0.39 is 57.0 Å². The molecule has 3 N–H and O–H groups in total. The van der Waals surface area contributed by atoms with E-state index in [4.69, 9.17) is 33.7 Å². The van der Waals surface area contributed by atoms with Crippen molar-refractivity contribution in [3.63, 3.8) is 0 Å². The molecule has 36 heavy (non-hydrogen) atoms. The van der Waals surface area contributed by atoms with Crippen LogP contribution in [0.25, 0.3) is 0 Å². The zero-order valence-corrected chi connectivity index (χ0v) is 18.8. The third-order valence-electron chi connectivity index (χ3n) is 4.26. The number of pyridine rings is 1. The van der Waals surface area contributed by atoms with Gasteiger partial charge in [0, 0.05) is 18.0 Å². The summed E-state index contributed by atoms with van der Waals surface area (Å²) in [5.41, 5.74) is 2.67. The number of halogens is 8. The lowest BCUT2D eigenvalue weighted by molar-refractivity contribution is -0.274. The molecule has 0 atom stereocenters. The molecule has 0 spiro atoms. The Bertz CT molecular complexity index is 1330. The van der Waals surface area contributed by atoms with Crippen LogP contribution in [0.15, 0.2) is 48.7 Å². The van der Waals surface area contributed by atoms with Crippen molar-refractivity contribution in [1.82, 2.24) is 4.98 Å². The molecule has 0 aliphatic carbocycles. The van der Waals surface area contributed by atoms with Crippen molar-refractivity contribution < 1.29 is 45.4 Å². The van der Waals surface area contributed by atoms with Crippen LogP contribution in [0.5, 0.6) is 17.2 Å². The van der Waals surface area contributed by atoms with E-state index in [1.807, 2.05) is 0 Å². The second-order valence-electron chi connectivity index (χ2n) is 6.79. The molecule has 0 saturated heterocycles. The van der Waals surface area contributed by atoms with Crippen molar-refractivity contribution in [2.45, 2.75) is 12.5 Å². The Kier molecular flexibility index (Phi) is 7.55. The number of ether oxygens (including phenoxy) is 2. The van der Waals surface area contributed by atoms with E-state index in [9.17, 15) is 35.9 Å². The van der Waals surface area contributed by atoms with Gasteiger partial charge in [-0.15, -0.1) is 13.2 Å². The number of benzene rings is 2. The number of carbonyl (C=O) groups is 2. The monoisotopic (exact) mass is 553 g/mol. The minimum Gasteiger partial charge on any atom is -0.455 e. The molecule has 3 aromatic rings. The van der Waals surface area contributed by atoms with Gasteiger partial charge in [-0.25, -0.2) is 0 Å². The van der Waals surface area contributed by atoms with E-state index in [0.29, 0.717) is 6.07 Å². The Morgan fingerprint density at radius 2 is 1.61 bits per heavy atom. The lowest BCUT2D eigenvalue weighted by Gasteiger charge is -2.18. The van der Waals surface area contributed by atoms with Gasteiger partial charge in [0.05, 0.1) is 15.6 Å². The number of nitrogens with zero attached hydrogens (tertiary/aromatic N) is 1. The van der Waals surface area contributed by atoms with Gasteiger partial charge in [-0.05, 0) is 36.4 Å². The minimum absolute atomic E-state index is 0.0603. The van der Waals surface area contributed by atoms with Gasteiger partial charge < -0.3 is 20.5 Å². The zero-order chi connectivity index (χ0) is 26.8. The van der Waals surface area contributed by atoms with E-state index in [0.717, 1.165) is 36.5 Å². The fourth-order valence-corrected chi connectivity index (χ4v) is 3.35. The molecule has 0 aliphatic heterocycles. The number of nitrogens with one attached hydrogen (secondary N) is 1. The Labute approximate surface area is 207 Å². The number of amides is 2. The SMILES string of the molecule is NC(=O)c1cc(NC(=O)c2c(Oc3ccc(OC(F)(F)F)cc3Cl)ccc(C(F)(F)F)c2Cl)ccn1. The number of carbonyl (C=O) groups excluding carboxylic acids is 2. The fraction of sp³-hybridized carbons (Fsp3) is 0.0952. The summed E-state index contributed by atoms with van der Waals surface area (Å²) in [6, 6.07) is 6.14. The number of anilines is 1. The predicted octanol–water partition coefficient (Wildman–Crippen LogP) is 6.45. The molecule has 15 heteroatoms. The summed E-state index contributed by atoms with van der Waals surface area (Å²) in [6.45, 7) is 0. The Morgan fingerprint density at radius 1 is 0.944 bits per heavy atom. The average Bonchev–Trinajstić information content (AvgIpc) is 2.73. The maximum absolute atomic E-state index is 13.4. The lowest BCUT2D eigenvalue weighted by atomic mass is 10.1. The smallest absolute Gasteiger partial charge is 0.455 e. The normalized spacial score (nSPS) is 11.7. The maximum atomic E-state index is 13.4. The summed E-state index contributed by atoms with van der Waals surface area (Å²) >= 11 is 11.8. The highest BCUT2D eigenvalue weighted by Gasteiger charge is 2.36.